The van der Waals surface area contributed by atoms with Gasteiger partial charge >= 0.3 is 12.1 Å². The van der Waals surface area contributed by atoms with Crippen LogP contribution in [-0.4, -0.2) is 34.0 Å². The monoisotopic (exact) mass is 343 g/mol. The van der Waals surface area contributed by atoms with E-state index in [0.29, 0.717) is 11.3 Å². The molecule has 6 nitrogen and oxygen atoms in total. The lowest BCUT2D eigenvalue weighted by Gasteiger charge is -2.29. The first kappa shape index (κ1) is 19.3. The van der Waals surface area contributed by atoms with Crippen molar-refractivity contribution >= 4 is 29.4 Å². The summed E-state index contributed by atoms with van der Waals surface area (Å²) in [5.41, 5.74) is -0.841. The lowest BCUT2D eigenvalue weighted by atomic mass is 9.79. The molecule has 1 aromatic carbocycles. The van der Waals surface area contributed by atoms with E-state index in [1.165, 1.54) is 6.07 Å². The smallest absolute Gasteiger partial charge is 0.412 e. The number of hydrogen-bond donors (Lipinski definition) is 3. The fourth-order valence-electron chi connectivity index (χ4n) is 1.99. The SMILES string of the molecule is CC(C)(C)OC(=O)Nc1ccc(C(C)(C)C(O)C(=O)O)c(Cl)c1. The molecule has 7 heteroatoms. The third-order valence-corrected chi connectivity index (χ3v) is 3.54. The molecule has 1 unspecified atom stereocenters. The molecule has 0 saturated carbocycles. The number of hydrogen-bond acceptors (Lipinski definition) is 4. The molecule has 0 aliphatic carbocycles. The van der Waals surface area contributed by atoms with Crippen LogP contribution >= 0.6 is 11.6 Å². The van der Waals surface area contributed by atoms with Crippen LogP contribution in [0, 0.1) is 0 Å². The van der Waals surface area contributed by atoms with Crippen molar-refractivity contribution in [1.82, 2.24) is 0 Å². The summed E-state index contributed by atoms with van der Waals surface area (Å²) < 4.78 is 5.14. The molecular formula is C16H22ClNO5. The van der Waals surface area contributed by atoms with Crippen molar-refractivity contribution < 1.29 is 24.5 Å². The van der Waals surface area contributed by atoms with Crippen LogP contribution in [0.2, 0.25) is 5.02 Å². The zero-order valence-electron chi connectivity index (χ0n) is 13.8. The number of rotatable bonds is 4. The number of carbonyl (C=O) groups excluding carboxylic acids is 1. The van der Waals surface area contributed by atoms with Gasteiger partial charge in [0, 0.05) is 16.1 Å². The number of aliphatic hydroxyl groups is 1. The van der Waals surface area contributed by atoms with Crippen molar-refractivity contribution in [3.05, 3.63) is 28.8 Å². The van der Waals surface area contributed by atoms with E-state index in [1.54, 1.807) is 46.8 Å². The van der Waals surface area contributed by atoms with Crippen molar-refractivity contribution in [1.29, 1.82) is 0 Å². The Labute approximate surface area is 140 Å². The number of halogens is 1. The number of aliphatic carboxylic acids is 1. The van der Waals surface area contributed by atoms with Gasteiger partial charge in [-0.25, -0.2) is 9.59 Å². The average molecular weight is 344 g/mol. The molecule has 0 aromatic heterocycles. The van der Waals surface area contributed by atoms with Gasteiger partial charge in [0.25, 0.3) is 0 Å². The Morgan fingerprint density at radius 2 is 1.78 bits per heavy atom. The van der Waals surface area contributed by atoms with Gasteiger partial charge in [0.1, 0.15) is 5.60 Å². The Bertz CT molecular complexity index is 607. The van der Waals surface area contributed by atoms with Crippen LogP contribution in [0.4, 0.5) is 10.5 Å². The van der Waals surface area contributed by atoms with Crippen molar-refractivity contribution in [3.8, 4) is 0 Å². The number of carboxylic acids is 1. The van der Waals surface area contributed by atoms with E-state index < -0.39 is 29.2 Å². The minimum atomic E-state index is -1.61. The zero-order valence-corrected chi connectivity index (χ0v) is 14.6. The van der Waals surface area contributed by atoms with Gasteiger partial charge in [-0.3, -0.25) is 5.32 Å². The minimum Gasteiger partial charge on any atom is -0.479 e. The molecule has 0 saturated heterocycles. The molecule has 23 heavy (non-hydrogen) atoms. The van der Waals surface area contributed by atoms with Gasteiger partial charge < -0.3 is 14.9 Å². The van der Waals surface area contributed by atoms with Crippen molar-refractivity contribution in [2.24, 2.45) is 0 Å². The lowest BCUT2D eigenvalue weighted by molar-refractivity contribution is -0.150. The zero-order chi connectivity index (χ0) is 18.0. The number of aliphatic hydroxyl groups excluding tert-OH is 1. The van der Waals surface area contributed by atoms with E-state index in [1.807, 2.05) is 0 Å². The lowest BCUT2D eigenvalue weighted by Crippen LogP contribution is -2.40. The second kappa shape index (κ2) is 6.76. The highest BCUT2D eigenvalue weighted by molar-refractivity contribution is 6.31. The number of benzene rings is 1. The first-order chi connectivity index (χ1) is 10.3. The molecule has 0 fully saturated rings. The Morgan fingerprint density at radius 1 is 1.22 bits per heavy atom. The van der Waals surface area contributed by atoms with Crippen LogP contribution in [0.15, 0.2) is 18.2 Å². The van der Waals surface area contributed by atoms with Crippen LogP contribution < -0.4 is 5.32 Å². The molecule has 0 bridgehead atoms. The molecule has 1 amide bonds. The molecular weight excluding hydrogens is 322 g/mol. The summed E-state index contributed by atoms with van der Waals surface area (Å²) in [4.78, 5) is 22.7. The number of anilines is 1. The Hall–Kier alpha value is -1.79. The number of ether oxygens (including phenoxy) is 1. The molecule has 0 radical (unpaired) electrons. The van der Waals surface area contributed by atoms with Crippen LogP contribution in [0.25, 0.3) is 0 Å². The van der Waals surface area contributed by atoms with Gasteiger partial charge in [-0.2, -0.15) is 0 Å². The highest BCUT2D eigenvalue weighted by Gasteiger charge is 2.36. The second-order valence-corrected chi connectivity index (χ2v) is 7.19. The number of carbonyl (C=O) groups is 2. The van der Waals surface area contributed by atoms with E-state index >= 15 is 0 Å². The Balaban J connectivity index is 2.99. The van der Waals surface area contributed by atoms with Gasteiger partial charge in [0.2, 0.25) is 0 Å². The molecule has 128 valence electrons. The fourth-order valence-corrected chi connectivity index (χ4v) is 2.42. The van der Waals surface area contributed by atoms with Crippen LogP contribution in [0.5, 0.6) is 0 Å². The molecule has 3 N–H and O–H groups in total. The van der Waals surface area contributed by atoms with Crippen LogP contribution in [0.1, 0.15) is 40.2 Å². The van der Waals surface area contributed by atoms with Gasteiger partial charge in [-0.05, 0) is 38.5 Å². The van der Waals surface area contributed by atoms with Crippen molar-refractivity contribution in [2.75, 3.05) is 5.32 Å². The van der Waals surface area contributed by atoms with Crippen LogP contribution in [-0.2, 0) is 14.9 Å². The number of nitrogens with one attached hydrogen (secondary N) is 1. The van der Waals surface area contributed by atoms with Gasteiger partial charge in [-0.1, -0.05) is 31.5 Å². The van der Waals surface area contributed by atoms with Crippen molar-refractivity contribution in [3.63, 3.8) is 0 Å². The Morgan fingerprint density at radius 3 is 2.22 bits per heavy atom. The highest BCUT2D eigenvalue weighted by atomic mass is 35.5. The number of carboxylic acid groups (broad SMARTS) is 1. The predicted octanol–water partition coefficient (Wildman–Crippen LogP) is 3.41. The van der Waals surface area contributed by atoms with Gasteiger partial charge in [0.05, 0.1) is 0 Å². The fraction of sp³-hybridized carbons (Fsp3) is 0.500. The molecule has 0 aliphatic rings. The first-order valence-corrected chi connectivity index (χ1v) is 7.43. The maximum Gasteiger partial charge on any atom is 0.412 e. The maximum atomic E-state index is 11.7. The summed E-state index contributed by atoms with van der Waals surface area (Å²) in [6.45, 7) is 8.40. The van der Waals surface area contributed by atoms with Gasteiger partial charge in [0.15, 0.2) is 6.10 Å². The summed E-state index contributed by atoms with van der Waals surface area (Å²) in [6.07, 6.45) is -2.23. The van der Waals surface area contributed by atoms with Gasteiger partial charge in [-0.15, -0.1) is 0 Å². The summed E-state index contributed by atoms with van der Waals surface area (Å²) in [6, 6.07) is 4.62. The maximum absolute atomic E-state index is 11.7. The normalized spacial score (nSPS) is 13.3. The number of amides is 1. The first-order valence-electron chi connectivity index (χ1n) is 7.05. The topological polar surface area (TPSA) is 95.9 Å². The molecule has 0 spiro atoms. The standard InChI is InChI=1S/C16H22ClNO5/c1-15(2,3)23-14(22)18-9-6-7-10(11(17)8-9)16(4,5)12(19)13(20)21/h6-8,12,19H,1-5H3,(H,18,22)(H,20,21). The Kier molecular flexibility index (Phi) is 5.66. The molecule has 0 heterocycles. The summed E-state index contributed by atoms with van der Waals surface area (Å²) >= 11 is 6.18. The highest BCUT2D eigenvalue weighted by Crippen LogP contribution is 2.34. The summed E-state index contributed by atoms with van der Waals surface area (Å²) in [7, 11) is 0. The molecule has 1 rings (SSSR count). The van der Waals surface area contributed by atoms with Crippen molar-refractivity contribution in [2.45, 2.75) is 51.7 Å². The van der Waals surface area contributed by atoms with E-state index in [4.69, 9.17) is 21.4 Å². The van der Waals surface area contributed by atoms with E-state index in [9.17, 15) is 14.7 Å². The quantitative estimate of drug-likeness (QED) is 0.778. The second-order valence-electron chi connectivity index (χ2n) is 6.78. The molecule has 1 atom stereocenters. The third kappa shape index (κ3) is 5.11. The van der Waals surface area contributed by atoms with E-state index in [2.05, 4.69) is 5.32 Å². The largest absolute Gasteiger partial charge is 0.479 e. The van der Waals surface area contributed by atoms with E-state index in [0.717, 1.165) is 0 Å². The summed E-state index contributed by atoms with van der Waals surface area (Å²) in [5, 5.41) is 21.6. The van der Waals surface area contributed by atoms with Crippen LogP contribution in [0.3, 0.4) is 0 Å². The third-order valence-electron chi connectivity index (χ3n) is 3.23. The summed E-state index contributed by atoms with van der Waals surface area (Å²) in [5.74, 6) is -1.33. The predicted molar refractivity (Wildman–Crippen MR) is 88.0 cm³/mol. The average Bonchev–Trinajstić information content (AvgIpc) is 2.34. The minimum absolute atomic E-state index is 0.240. The molecule has 0 aliphatic heterocycles. The van der Waals surface area contributed by atoms with E-state index in [-0.39, 0.29) is 5.02 Å². The molecule has 1 aromatic rings.